The lowest BCUT2D eigenvalue weighted by molar-refractivity contribution is -0.151. The second-order valence-corrected chi connectivity index (χ2v) is 5.29. The molecule has 8 heteroatoms. The average molecular weight is 297 g/mol. The third kappa shape index (κ3) is 3.21. The molecule has 2 atom stereocenters. The third-order valence-corrected chi connectivity index (χ3v) is 3.84. The van der Waals surface area contributed by atoms with Crippen molar-refractivity contribution < 1.29 is 23.9 Å². The molecule has 0 saturated carbocycles. The predicted octanol–water partition coefficient (Wildman–Crippen LogP) is -1.65. The van der Waals surface area contributed by atoms with Crippen molar-refractivity contribution in [3.8, 4) is 0 Å². The lowest BCUT2D eigenvalue weighted by Gasteiger charge is -2.33. The number of imide groups is 1. The summed E-state index contributed by atoms with van der Waals surface area (Å²) in [6.07, 6.45) is 0.113. The maximum atomic E-state index is 12.5. The van der Waals surface area contributed by atoms with Crippen molar-refractivity contribution in [2.75, 3.05) is 33.4 Å². The first kappa shape index (κ1) is 15.4. The van der Waals surface area contributed by atoms with Crippen molar-refractivity contribution in [3.05, 3.63) is 0 Å². The summed E-state index contributed by atoms with van der Waals surface area (Å²) in [5.74, 6) is -1.91. The summed E-state index contributed by atoms with van der Waals surface area (Å²) in [7, 11) is 1.54. The number of piperazine rings is 1. The average Bonchev–Trinajstić information content (AvgIpc) is 2.81. The summed E-state index contributed by atoms with van der Waals surface area (Å²) in [5.41, 5.74) is 0. The molecule has 2 aliphatic rings. The van der Waals surface area contributed by atoms with E-state index in [0.29, 0.717) is 19.7 Å². The van der Waals surface area contributed by atoms with Crippen LogP contribution in [0.15, 0.2) is 0 Å². The number of carbonyl (C=O) groups is 4. The Morgan fingerprint density at radius 1 is 1.38 bits per heavy atom. The Balaban J connectivity index is 2.01. The molecule has 2 heterocycles. The van der Waals surface area contributed by atoms with Crippen LogP contribution in [0.1, 0.15) is 13.3 Å². The fraction of sp³-hybridized carbons (Fsp3) is 0.692. The Bertz CT molecular complexity index is 478. The van der Waals surface area contributed by atoms with Gasteiger partial charge < -0.3 is 14.5 Å². The molecule has 0 bridgehead atoms. The molecular formula is C13H19N3O5. The topological polar surface area (TPSA) is 96.0 Å². The Hall–Kier alpha value is -1.96. The maximum Gasteiger partial charge on any atom is 0.249 e. The van der Waals surface area contributed by atoms with Gasteiger partial charge in [-0.2, -0.15) is 0 Å². The van der Waals surface area contributed by atoms with Crippen LogP contribution in [-0.4, -0.2) is 72.8 Å². The number of nitrogens with zero attached hydrogens (tertiary/aromatic N) is 2. The highest BCUT2D eigenvalue weighted by molar-refractivity contribution is 6.04. The van der Waals surface area contributed by atoms with Gasteiger partial charge in [0.05, 0.1) is 12.5 Å². The fourth-order valence-electron chi connectivity index (χ4n) is 2.57. The minimum absolute atomic E-state index is 0.106. The first-order chi connectivity index (χ1) is 9.93. The molecule has 0 spiro atoms. The number of carbonyl (C=O) groups excluding carboxylic acids is 4. The van der Waals surface area contributed by atoms with Crippen molar-refractivity contribution in [2.45, 2.75) is 19.4 Å². The lowest BCUT2D eigenvalue weighted by Crippen LogP contribution is -2.59. The smallest absolute Gasteiger partial charge is 0.249 e. The molecule has 0 aromatic rings. The second kappa shape index (κ2) is 6.21. The van der Waals surface area contributed by atoms with E-state index >= 15 is 0 Å². The second-order valence-electron chi connectivity index (χ2n) is 5.29. The molecule has 1 N–H and O–H groups in total. The summed E-state index contributed by atoms with van der Waals surface area (Å²) in [4.78, 5) is 50.1. The predicted molar refractivity (Wildman–Crippen MR) is 70.9 cm³/mol. The summed E-state index contributed by atoms with van der Waals surface area (Å²) >= 11 is 0. The van der Waals surface area contributed by atoms with Gasteiger partial charge in [0.15, 0.2) is 0 Å². The minimum Gasteiger partial charge on any atom is -0.383 e. The van der Waals surface area contributed by atoms with Crippen LogP contribution in [0, 0.1) is 5.92 Å². The van der Waals surface area contributed by atoms with Crippen LogP contribution in [-0.2, 0) is 23.9 Å². The third-order valence-electron chi connectivity index (χ3n) is 3.84. The van der Waals surface area contributed by atoms with Crippen molar-refractivity contribution in [3.63, 3.8) is 0 Å². The maximum absolute atomic E-state index is 12.5. The van der Waals surface area contributed by atoms with E-state index in [0.717, 1.165) is 0 Å². The van der Waals surface area contributed by atoms with Gasteiger partial charge in [-0.05, 0) is 6.92 Å². The first-order valence-electron chi connectivity index (χ1n) is 6.85. The number of hydrogen-bond donors (Lipinski definition) is 1. The molecule has 0 aliphatic carbocycles. The van der Waals surface area contributed by atoms with E-state index in [-0.39, 0.29) is 24.8 Å². The Kier molecular flexibility index (Phi) is 4.56. The van der Waals surface area contributed by atoms with Gasteiger partial charge in [-0.3, -0.25) is 24.5 Å². The van der Waals surface area contributed by atoms with E-state index < -0.39 is 23.8 Å². The molecule has 0 aromatic carbocycles. The van der Waals surface area contributed by atoms with Gasteiger partial charge in [-0.1, -0.05) is 0 Å². The normalized spacial score (nSPS) is 26.3. The van der Waals surface area contributed by atoms with E-state index in [9.17, 15) is 19.2 Å². The summed E-state index contributed by atoms with van der Waals surface area (Å²) in [6, 6.07) is -0.696. The zero-order valence-corrected chi connectivity index (χ0v) is 12.1. The van der Waals surface area contributed by atoms with Gasteiger partial charge in [0, 0.05) is 26.6 Å². The van der Waals surface area contributed by atoms with Gasteiger partial charge in [-0.15, -0.1) is 0 Å². The number of ether oxygens (including phenoxy) is 1. The van der Waals surface area contributed by atoms with Crippen LogP contribution >= 0.6 is 0 Å². The van der Waals surface area contributed by atoms with E-state index in [4.69, 9.17) is 4.74 Å². The highest BCUT2D eigenvalue weighted by Gasteiger charge is 2.41. The van der Waals surface area contributed by atoms with Gasteiger partial charge in [-0.25, -0.2) is 0 Å². The van der Waals surface area contributed by atoms with E-state index in [1.165, 1.54) is 4.90 Å². The number of nitrogens with one attached hydrogen (secondary N) is 1. The Morgan fingerprint density at radius 2 is 2.10 bits per heavy atom. The summed E-state index contributed by atoms with van der Waals surface area (Å²) in [5, 5.41) is 2.18. The Labute approximate surface area is 122 Å². The van der Waals surface area contributed by atoms with Crippen LogP contribution in [0.3, 0.4) is 0 Å². The van der Waals surface area contributed by atoms with E-state index in [2.05, 4.69) is 5.32 Å². The SMILES string of the molecule is COCCN1CC(C(=O)N2CC(=O)NC(=O)C2C)CC1=O. The van der Waals surface area contributed by atoms with Crippen molar-refractivity contribution >= 4 is 23.6 Å². The van der Waals surface area contributed by atoms with Gasteiger partial charge >= 0.3 is 0 Å². The molecule has 116 valence electrons. The Morgan fingerprint density at radius 3 is 2.76 bits per heavy atom. The van der Waals surface area contributed by atoms with Crippen LogP contribution in [0.5, 0.6) is 0 Å². The molecule has 2 unspecified atom stereocenters. The molecule has 21 heavy (non-hydrogen) atoms. The summed E-state index contributed by atoms with van der Waals surface area (Å²) < 4.78 is 4.92. The lowest BCUT2D eigenvalue weighted by atomic mass is 10.0. The van der Waals surface area contributed by atoms with Crippen LogP contribution < -0.4 is 5.32 Å². The molecule has 8 nitrogen and oxygen atoms in total. The number of likely N-dealkylation sites (tertiary alicyclic amines) is 1. The van der Waals surface area contributed by atoms with Crippen molar-refractivity contribution in [1.29, 1.82) is 0 Å². The number of amides is 4. The van der Waals surface area contributed by atoms with Gasteiger partial charge in [0.2, 0.25) is 23.6 Å². The van der Waals surface area contributed by atoms with Gasteiger partial charge in [0.1, 0.15) is 12.6 Å². The fourth-order valence-corrected chi connectivity index (χ4v) is 2.57. The first-order valence-corrected chi connectivity index (χ1v) is 6.85. The van der Waals surface area contributed by atoms with Crippen molar-refractivity contribution in [2.24, 2.45) is 5.92 Å². The molecule has 2 saturated heterocycles. The molecule has 4 amide bonds. The largest absolute Gasteiger partial charge is 0.383 e. The molecule has 2 aliphatic heterocycles. The van der Waals surface area contributed by atoms with Gasteiger partial charge in [0.25, 0.3) is 0 Å². The molecule has 0 radical (unpaired) electrons. The summed E-state index contributed by atoms with van der Waals surface area (Å²) in [6.45, 7) is 2.58. The number of rotatable bonds is 4. The van der Waals surface area contributed by atoms with Crippen LogP contribution in [0.4, 0.5) is 0 Å². The molecule has 0 aromatic heterocycles. The van der Waals surface area contributed by atoms with Crippen LogP contribution in [0.25, 0.3) is 0 Å². The zero-order valence-electron chi connectivity index (χ0n) is 12.1. The van der Waals surface area contributed by atoms with Crippen molar-refractivity contribution in [1.82, 2.24) is 15.1 Å². The minimum atomic E-state index is -0.696. The quantitative estimate of drug-likeness (QED) is 0.628. The standard InChI is InChI=1S/C13H19N3O5/c1-8-12(19)14-10(17)7-16(8)13(20)9-5-11(18)15(6-9)3-4-21-2/h8-9H,3-7H2,1-2H3,(H,14,17,19). The zero-order chi connectivity index (χ0) is 15.6. The highest BCUT2D eigenvalue weighted by Crippen LogP contribution is 2.21. The number of methoxy groups -OCH3 is 1. The highest BCUT2D eigenvalue weighted by atomic mass is 16.5. The van der Waals surface area contributed by atoms with Crippen LogP contribution in [0.2, 0.25) is 0 Å². The molecule has 2 rings (SSSR count). The molecular weight excluding hydrogens is 278 g/mol. The van der Waals surface area contributed by atoms with E-state index in [1.54, 1.807) is 18.9 Å². The number of hydrogen-bond acceptors (Lipinski definition) is 5. The monoisotopic (exact) mass is 297 g/mol. The van der Waals surface area contributed by atoms with E-state index in [1.807, 2.05) is 0 Å². The molecule has 2 fully saturated rings.